The van der Waals surface area contributed by atoms with Crippen LogP contribution in [0, 0.1) is 5.82 Å². The molecule has 0 radical (unpaired) electrons. The fourth-order valence-electron chi connectivity index (χ4n) is 2.90. The summed E-state index contributed by atoms with van der Waals surface area (Å²) >= 11 is 0. The van der Waals surface area contributed by atoms with Crippen LogP contribution in [0.3, 0.4) is 0 Å². The summed E-state index contributed by atoms with van der Waals surface area (Å²) in [6, 6.07) is 14.5. The lowest BCUT2D eigenvalue weighted by atomic mass is 10.0. The highest BCUT2D eigenvalue weighted by atomic mass is 32.2. The lowest BCUT2D eigenvalue weighted by Crippen LogP contribution is -2.32. The van der Waals surface area contributed by atoms with Crippen LogP contribution in [0.25, 0.3) is 10.8 Å². The van der Waals surface area contributed by atoms with E-state index in [0.29, 0.717) is 10.8 Å². The quantitative estimate of drug-likeness (QED) is 0.736. The molecule has 0 aromatic heterocycles. The summed E-state index contributed by atoms with van der Waals surface area (Å²) in [5.41, 5.74) is -0.0151. The van der Waals surface area contributed by atoms with Crippen LogP contribution in [0.1, 0.15) is 17.3 Å². The number of benzene rings is 3. The Morgan fingerprint density at radius 2 is 1.69 bits per heavy atom. The topological polar surface area (TPSA) is 74.7 Å². The van der Waals surface area contributed by atoms with Crippen molar-refractivity contribution >= 4 is 32.5 Å². The third-order valence-corrected chi connectivity index (χ3v) is 5.98. The number of rotatable bonds is 5. The molecule has 1 N–H and O–H groups in total. The molecule has 0 aliphatic rings. The Morgan fingerprint density at radius 3 is 2.31 bits per heavy atom. The second-order valence-corrected chi connectivity index (χ2v) is 7.47. The largest absolute Gasteiger partial charge is 0.478 e. The number of fused-ring (bicyclic) bond motifs is 1. The van der Waals surface area contributed by atoms with Gasteiger partial charge in [-0.15, -0.1) is 0 Å². The molecule has 0 unspecified atom stereocenters. The minimum absolute atomic E-state index is 0.0261. The van der Waals surface area contributed by atoms with E-state index in [4.69, 9.17) is 0 Å². The number of anilines is 1. The SMILES string of the molecule is CCN(c1ccc2ccccc2c1C(=O)O)S(=O)(=O)c1ccc(F)cc1. The first-order chi connectivity index (χ1) is 12.4. The highest BCUT2D eigenvalue weighted by molar-refractivity contribution is 7.92. The van der Waals surface area contributed by atoms with E-state index in [1.165, 1.54) is 6.07 Å². The maximum atomic E-state index is 13.1. The predicted octanol–water partition coefficient (Wildman–Crippen LogP) is 3.89. The van der Waals surface area contributed by atoms with Gasteiger partial charge in [-0.05, 0) is 48.0 Å². The first-order valence-electron chi connectivity index (χ1n) is 7.89. The molecule has 0 amide bonds. The molecule has 3 rings (SSSR count). The molecule has 5 nitrogen and oxygen atoms in total. The Kier molecular flexibility index (Phi) is 4.65. The second-order valence-electron chi connectivity index (χ2n) is 5.61. The van der Waals surface area contributed by atoms with E-state index in [-0.39, 0.29) is 22.7 Å². The third kappa shape index (κ3) is 3.01. The van der Waals surface area contributed by atoms with Crippen LogP contribution in [0.2, 0.25) is 0 Å². The summed E-state index contributed by atoms with van der Waals surface area (Å²) in [7, 11) is -4.04. The van der Waals surface area contributed by atoms with Gasteiger partial charge in [-0.3, -0.25) is 4.31 Å². The number of hydrogen-bond acceptors (Lipinski definition) is 3. The summed E-state index contributed by atoms with van der Waals surface area (Å²) in [5, 5.41) is 10.9. The van der Waals surface area contributed by atoms with Crippen molar-refractivity contribution in [3.05, 3.63) is 72.0 Å². The van der Waals surface area contributed by atoms with E-state index < -0.39 is 21.8 Å². The van der Waals surface area contributed by atoms with Crippen LogP contribution in [0.4, 0.5) is 10.1 Å². The maximum absolute atomic E-state index is 13.1. The zero-order valence-electron chi connectivity index (χ0n) is 13.9. The molecule has 0 heterocycles. The first kappa shape index (κ1) is 17.9. The zero-order chi connectivity index (χ0) is 18.9. The molecule has 0 saturated heterocycles. The standard InChI is InChI=1S/C19H16FNO4S/c1-2-21(26(24,25)15-10-8-14(20)9-11-15)17-12-7-13-5-3-4-6-16(13)18(17)19(22)23/h3-12H,2H2,1H3,(H,22,23). The molecule has 0 aliphatic carbocycles. The van der Waals surface area contributed by atoms with Crippen LogP contribution in [0.5, 0.6) is 0 Å². The molecule has 7 heteroatoms. The van der Waals surface area contributed by atoms with Gasteiger partial charge in [0.25, 0.3) is 10.0 Å². The van der Waals surface area contributed by atoms with Gasteiger partial charge in [-0.25, -0.2) is 17.6 Å². The van der Waals surface area contributed by atoms with E-state index >= 15 is 0 Å². The van der Waals surface area contributed by atoms with Gasteiger partial charge in [0.15, 0.2) is 0 Å². The Bertz CT molecular complexity index is 1080. The van der Waals surface area contributed by atoms with Crippen LogP contribution in [0.15, 0.2) is 65.6 Å². The van der Waals surface area contributed by atoms with Gasteiger partial charge < -0.3 is 5.11 Å². The molecule has 134 valence electrons. The number of sulfonamides is 1. The van der Waals surface area contributed by atoms with Crippen LogP contribution in [-0.2, 0) is 10.0 Å². The lowest BCUT2D eigenvalue weighted by Gasteiger charge is -2.25. The van der Waals surface area contributed by atoms with Crippen LogP contribution < -0.4 is 4.31 Å². The number of halogens is 1. The monoisotopic (exact) mass is 373 g/mol. The predicted molar refractivity (Wildman–Crippen MR) is 97.5 cm³/mol. The molecule has 0 spiro atoms. The molecule has 3 aromatic carbocycles. The number of carboxylic acids is 1. The van der Waals surface area contributed by atoms with Crippen molar-refractivity contribution in [2.24, 2.45) is 0 Å². The summed E-state index contributed by atoms with van der Waals surface area (Å²) in [6.45, 7) is 1.64. The minimum atomic E-state index is -4.04. The Labute approximate surface area is 150 Å². The third-order valence-electron chi connectivity index (χ3n) is 4.08. The summed E-state index contributed by atoms with van der Waals surface area (Å²) in [6.07, 6.45) is 0. The summed E-state index contributed by atoms with van der Waals surface area (Å²) < 4.78 is 40.2. The first-order valence-corrected chi connectivity index (χ1v) is 9.33. The molecule has 0 saturated carbocycles. The van der Waals surface area contributed by atoms with Crippen molar-refractivity contribution < 1.29 is 22.7 Å². The summed E-state index contributed by atoms with van der Waals surface area (Å²) in [5.74, 6) is -1.77. The Balaban J connectivity index is 2.24. The molecular formula is C19H16FNO4S. The maximum Gasteiger partial charge on any atom is 0.338 e. The van der Waals surface area contributed by atoms with E-state index in [9.17, 15) is 22.7 Å². The highest BCUT2D eigenvalue weighted by Gasteiger charge is 2.28. The minimum Gasteiger partial charge on any atom is -0.478 e. The van der Waals surface area contributed by atoms with Gasteiger partial charge in [0, 0.05) is 6.54 Å². The number of carboxylic acid groups (broad SMARTS) is 1. The average molecular weight is 373 g/mol. The Morgan fingerprint density at radius 1 is 1.04 bits per heavy atom. The van der Waals surface area contributed by atoms with Crippen molar-refractivity contribution in [1.82, 2.24) is 0 Å². The molecule has 0 atom stereocenters. The van der Waals surface area contributed by atoms with Crippen molar-refractivity contribution in [3.8, 4) is 0 Å². The number of nitrogens with zero attached hydrogens (tertiary/aromatic N) is 1. The van der Waals surface area contributed by atoms with Crippen LogP contribution in [-0.4, -0.2) is 26.0 Å². The van der Waals surface area contributed by atoms with E-state index in [1.807, 2.05) is 0 Å². The molecule has 0 aliphatic heterocycles. The van der Waals surface area contributed by atoms with Gasteiger partial charge >= 0.3 is 5.97 Å². The fraction of sp³-hybridized carbons (Fsp3) is 0.105. The molecule has 3 aromatic rings. The molecular weight excluding hydrogens is 357 g/mol. The lowest BCUT2D eigenvalue weighted by molar-refractivity contribution is 0.0700. The molecule has 0 bridgehead atoms. The van der Waals surface area contributed by atoms with Gasteiger partial charge in [0.05, 0.1) is 16.1 Å². The number of hydrogen-bond donors (Lipinski definition) is 1. The van der Waals surface area contributed by atoms with Crippen molar-refractivity contribution in [3.63, 3.8) is 0 Å². The van der Waals surface area contributed by atoms with Crippen molar-refractivity contribution in [1.29, 1.82) is 0 Å². The van der Waals surface area contributed by atoms with Gasteiger partial charge in [0.2, 0.25) is 0 Å². The average Bonchev–Trinajstić information content (AvgIpc) is 2.62. The van der Waals surface area contributed by atoms with Crippen molar-refractivity contribution in [2.75, 3.05) is 10.8 Å². The van der Waals surface area contributed by atoms with E-state index in [1.54, 1.807) is 37.3 Å². The summed E-state index contributed by atoms with van der Waals surface area (Å²) in [4.78, 5) is 11.8. The Hall–Kier alpha value is -2.93. The normalized spacial score (nSPS) is 11.5. The second kappa shape index (κ2) is 6.76. The van der Waals surface area contributed by atoms with Gasteiger partial charge in [-0.2, -0.15) is 0 Å². The van der Waals surface area contributed by atoms with E-state index in [2.05, 4.69) is 0 Å². The van der Waals surface area contributed by atoms with Gasteiger partial charge in [0.1, 0.15) is 5.82 Å². The fourth-order valence-corrected chi connectivity index (χ4v) is 4.38. The zero-order valence-corrected chi connectivity index (χ0v) is 14.7. The van der Waals surface area contributed by atoms with E-state index in [0.717, 1.165) is 28.6 Å². The van der Waals surface area contributed by atoms with Crippen molar-refractivity contribution in [2.45, 2.75) is 11.8 Å². The molecule has 26 heavy (non-hydrogen) atoms. The van der Waals surface area contributed by atoms with Crippen LogP contribution >= 0.6 is 0 Å². The number of carbonyl (C=O) groups is 1. The molecule has 0 fully saturated rings. The highest BCUT2D eigenvalue weighted by Crippen LogP contribution is 2.32. The smallest absolute Gasteiger partial charge is 0.338 e. The van der Waals surface area contributed by atoms with Gasteiger partial charge in [-0.1, -0.05) is 30.3 Å². The number of aromatic carboxylic acids is 1.